The normalized spacial score (nSPS) is 18.6. The van der Waals surface area contributed by atoms with Crippen LogP contribution in [0.2, 0.25) is 0 Å². The standard InChI is InChI=1S/C23H26N4O2S/c1-15(2)26-13-7-9-19(26)22-21(17-8-5-6-12-24-17)25-23(30)27(22)18-11-10-16(28-3)14-20(18)29-4/h5-15,21-22H,1-4H3,(H,25,30). The van der Waals surface area contributed by atoms with Crippen LogP contribution in [0.5, 0.6) is 11.5 Å². The van der Waals surface area contributed by atoms with Crippen LogP contribution in [-0.4, -0.2) is 28.9 Å². The molecule has 2 unspecified atom stereocenters. The summed E-state index contributed by atoms with van der Waals surface area (Å²) in [6.45, 7) is 4.36. The zero-order valence-corrected chi connectivity index (χ0v) is 18.4. The van der Waals surface area contributed by atoms with Gasteiger partial charge in [0.15, 0.2) is 5.11 Å². The van der Waals surface area contributed by atoms with Gasteiger partial charge in [-0.2, -0.15) is 0 Å². The van der Waals surface area contributed by atoms with Gasteiger partial charge < -0.3 is 24.3 Å². The molecule has 2 aromatic heterocycles. The Morgan fingerprint density at radius 3 is 2.57 bits per heavy atom. The van der Waals surface area contributed by atoms with E-state index in [0.717, 1.165) is 22.8 Å². The van der Waals surface area contributed by atoms with Crippen molar-refractivity contribution < 1.29 is 9.47 Å². The summed E-state index contributed by atoms with van der Waals surface area (Å²) < 4.78 is 13.4. The van der Waals surface area contributed by atoms with E-state index in [1.165, 1.54) is 0 Å². The second-order valence-corrected chi connectivity index (χ2v) is 7.86. The van der Waals surface area contributed by atoms with E-state index < -0.39 is 0 Å². The minimum atomic E-state index is -0.0992. The molecule has 1 aromatic carbocycles. The summed E-state index contributed by atoms with van der Waals surface area (Å²) in [7, 11) is 3.30. The number of thiocarbonyl (C=S) groups is 1. The highest BCUT2D eigenvalue weighted by Gasteiger charge is 2.43. The van der Waals surface area contributed by atoms with Crippen LogP contribution in [-0.2, 0) is 0 Å². The third-order valence-corrected chi connectivity index (χ3v) is 5.73. The first-order valence-corrected chi connectivity index (χ1v) is 10.4. The third kappa shape index (κ3) is 3.50. The van der Waals surface area contributed by atoms with Gasteiger partial charge in [0, 0.05) is 30.2 Å². The number of anilines is 1. The first kappa shape index (κ1) is 20.2. The lowest BCUT2D eigenvalue weighted by Gasteiger charge is -2.30. The molecule has 1 saturated heterocycles. The number of nitrogens with one attached hydrogen (secondary N) is 1. The Bertz CT molecular complexity index is 1030. The van der Waals surface area contributed by atoms with E-state index in [4.69, 9.17) is 21.7 Å². The zero-order chi connectivity index (χ0) is 21.3. The topological polar surface area (TPSA) is 51.5 Å². The first-order chi connectivity index (χ1) is 14.5. The molecule has 0 spiro atoms. The van der Waals surface area contributed by atoms with Gasteiger partial charge in [0.05, 0.1) is 31.6 Å². The Kier molecular flexibility index (Phi) is 5.63. The van der Waals surface area contributed by atoms with Crippen LogP contribution in [0.3, 0.4) is 0 Å². The molecule has 0 bridgehead atoms. The first-order valence-electron chi connectivity index (χ1n) is 9.94. The van der Waals surface area contributed by atoms with Gasteiger partial charge in [0.2, 0.25) is 0 Å². The van der Waals surface area contributed by atoms with Crippen molar-refractivity contribution in [2.45, 2.75) is 32.0 Å². The third-order valence-electron chi connectivity index (χ3n) is 5.42. The lowest BCUT2D eigenvalue weighted by molar-refractivity contribution is 0.394. The fourth-order valence-electron chi connectivity index (χ4n) is 4.03. The molecule has 1 aliphatic rings. The molecular weight excluding hydrogens is 396 g/mol. The molecule has 3 aromatic rings. The highest BCUT2D eigenvalue weighted by atomic mass is 32.1. The van der Waals surface area contributed by atoms with Crippen molar-refractivity contribution in [2.75, 3.05) is 19.1 Å². The van der Waals surface area contributed by atoms with Crippen LogP contribution in [0.4, 0.5) is 5.69 Å². The summed E-state index contributed by atoms with van der Waals surface area (Å²) in [5.74, 6) is 1.44. The quantitative estimate of drug-likeness (QED) is 0.583. The molecule has 7 heteroatoms. The predicted molar refractivity (Wildman–Crippen MR) is 122 cm³/mol. The average Bonchev–Trinajstić information content (AvgIpc) is 3.38. The van der Waals surface area contributed by atoms with Crippen molar-refractivity contribution in [1.82, 2.24) is 14.9 Å². The molecule has 2 atom stereocenters. The average molecular weight is 423 g/mol. The summed E-state index contributed by atoms with van der Waals surface area (Å²) >= 11 is 5.82. The fraction of sp³-hybridized carbons (Fsp3) is 0.304. The van der Waals surface area contributed by atoms with Gasteiger partial charge in [-0.25, -0.2) is 0 Å². The number of methoxy groups -OCH3 is 2. The highest BCUT2D eigenvalue weighted by molar-refractivity contribution is 7.80. The molecule has 1 N–H and O–H groups in total. The van der Waals surface area contributed by atoms with Crippen molar-refractivity contribution in [2.24, 2.45) is 0 Å². The number of hydrogen-bond donors (Lipinski definition) is 1. The molecule has 1 aliphatic heterocycles. The lowest BCUT2D eigenvalue weighted by Crippen LogP contribution is -2.31. The predicted octanol–water partition coefficient (Wildman–Crippen LogP) is 4.66. The molecule has 0 amide bonds. The number of nitrogens with zero attached hydrogens (tertiary/aromatic N) is 3. The summed E-state index contributed by atoms with van der Waals surface area (Å²) in [5, 5.41) is 4.13. The molecule has 3 heterocycles. The van der Waals surface area contributed by atoms with Gasteiger partial charge >= 0.3 is 0 Å². The molecule has 6 nitrogen and oxygen atoms in total. The summed E-state index contributed by atoms with van der Waals surface area (Å²) in [4.78, 5) is 6.74. The van der Waals surface area contributed by atoms with Gasteiger partial charge in [-0.1, -0.05) is 6.07 Å². The molecule has 30 heavy (non-hydrogen) atoms. The largest absolute Gasteiger partial charge is 0.497 e. The van der Waals surface area contributed by atoms with Gasteiger partial charge in [-0.05, 0) is 62.5 Å². The van der Waals surface area contributed by atoms with Gasteiger partial charge in [0.25, 0.3) is 0 Å². The summed E-state index contributed by atoms with van der Waals surface area (Å²) in [6, 6.07) is 16.1. The van der Waals surface area contributed by atoms with Crippen molar-refractivity contribution in [3.63, 3.8) is 0 Å². The van der Waals surface area contributed by atoms with E-state index in [1.54, 1.807) is 14.2 Å². The molecule has 1 fully saturated rings. The van der Waals surface area contributed by atoms with Crippen molar-refractivity contribution in [3.05, 3.63) is 72.3 Å². The number of aromatic nitrogens is 2. The molecule has 0 saturated carbocycles. The Hall–Kier alpha value is -3.06. The van der Waals surface area contributed by atoms with Crippen molar-refractivity contribution in [3.8, 4) is 11.5 Å². The Balaban J connectivity index is 1.88. The van der Waals surface area contributed by atoms with E-state index in [0.29, 0.717) is 16.9 Å². The maximum absolute atomic E-state index is 5.82. The number of benzene rings is 1. The Labute approximate surface area is 182 Å². The minimum Gasteiger partial charge on any atom is -0.497 e. The van der Waals surface area contributed by atoms with E-state index in [1.807, 2.05) is 42.6 Å². The van der Waals surface area contributed by atoms with Crippen LogP contribution in [0.25, 0.3) is 0 Å². The maximum atomic E-state index is 5.82. The van der Waals surface area contributed by atoms with Crippen LogP contribution < -0.4 is 19.7 Å². The van der Waals surface area contributed by atoms with Gasteiger partial charge in [-0.3, -0.25) is 4.98 Å². The van der Waals surface area contributed by atoms with E-state index >= 15 is 0 Å². The van der Waals surface area contributed by atoms with Crippen LogP contribution in [0.1, 0.15) is 43.4 Å². The second-order valence-electron chi connectivity index (χ2n) is 7.47. The van der Waals surface area contributed by atoms with E-state index in [-0.39, 0.29) is 12.1 Å². The number of hydrogen-bond acceptors (Lipinski definition) is 4. The number of rotatable bonds is 6. The summed E-state index contributed by atoms with van der Waals surface area (Å²) in [6.07, 6.45) is 3.93. The summed E-state index contributed by atoms with van der Waals surface area (Å²) in [5.41, 5.74) is 2.98. The maximum Gasteiger partial charge on any atom is 0.174 e. The molecule has 156 valence electrons. The second kappa shape index (κ2) is 8.36. The zero-order valence-electron chi connectivity index (χ0n) is 17.6. The van der Waals surface area contributed by atoms with E-state index in [9.17, 15) is 0 Å². The number of ether oxygens (including phenoxy) is 2. The SMILES string of the molecule is COc1ccc(N2C(=S)NC(c3ccccn3)C2c2cccn2C(C)C)c(OC)c1. The Morgan fingerprint density at radius 2 is 1.90 bits per heavy atom. The lowest BCUT2D eigenvalue weighted by atomic mass is 10.0. The highest BCUT2D eigenvalue weighted by Crippen LogP contribution is 2.45. The number of pyridine rings is 1. The van der Waals surface area contributed by atoms with Crippen molar-refractivity contribution in [1.29, 1.82) is 0 Å². The minimum absolute atomic E-state index is 0.0907. The van der Waals surface area contributed by atoms with Gasteiger partial charge in [-0.15, -0.1) is 0 Å². The molecule has 0 aliphatic carbocycles. The van der Waals surface area contributed by atoms with Gasteiger partial charge in [0.1, 0.15) is 17.5 Å². The molecule has 0 radical (unpaired) electrons. The monoisotopic (exact) mass is 422 g/mol. The smallest absolute Gasteiger partial charge is 0.174 e. The molecule has 4 rings (SSSR count). The van der Waals surface area contributed by atoms with Crippen molar-refractivity contribution >= 4 is 23.0 Å². The van der Waals surface area contributed by atoms with Crippen LogP contribution >= 0.6 is 12.2 Å². The van der Waals surface area contributed by atoms with Crippen LogP contribution in [0.15, 0.2) is 60.9 Å². The Morgan fingerprint density at radius 1 is 1.07 bits per heavy atom. The molecular formula is C23H26N4O2S. The van der Waals surface area contributed by atoms with E-state index in [2.05, 4.69) is 51.9 Å². The van der Waals surface area contributed by atoms with Crippen LogP contribution in [0, 0.1) is 0 Å². The fourth-order valence-corrected chi connectivity index (χ4v) is 4.37.